The van der Waals surface area contributed by atoms with Crippen LogP contribution in [0, 0.1) is 0 Å². The number of hydrogen-bond acceptors (Lipinski definition) is 5. The lowest BCUT2D eigenvalue weighted by molar-refractivity contribution is 0.0602. The van der Waals surface area contributed by atoms with Gasteiger partial charge in [0.05, 0.1) is 18.4 Å². The Morgan fingerprint density at radius 1 is 1.33 bits per heavy atom. The van der Waals surface area contributed by atoms with Gasteiger partial charge in [-0.1, -0.05) is 19.1 Å². The van der Waals surface area contributed by atoms with Gasteiger partial charge < -0.3 is 15.4 Å². The van der Waals surface area contributed by atoms with E-state index in [-0.39, 0.29) is 5.97 Å². The highest BCUT2D eigenvalue weighted by atomic mass is 32.1. The van der Waals surface area contributed by atoms with E-state index in [0.29, 0.717) is 22.2 Å². The quantitative estimate of drug-likeness (QED) is 0.485. The Morgan fingerprint density at radius 3 is 2.74 bits per heavy atom. The van der Waals surface area contributed by atoms with Gasteiger partial charge in [0.25, 0.3) is 0 Å². The zero-order chi connectivity index (χ0) is 19.2. The minimum Gasteiger partial charge on any atom is -0.465 e. The van der Waals surface area contributed by atoms with Gasteiger partial charge >= 0.3 is 5.97 Å². The van der Waals surface area contributed by atoms with Crippen LogP contribution in [-0.2, 0) is 17.7 Å². The first-order valence-electron chi connectivity index (χ1n) is 8.45. The summed E-state index contributed by atoms with van der Waals surface area (Å²) < 4.78 is 6.65. The summed E-state index contributed by atoms with van der Waals surface area (Å²) in [6, 6.07) is 11.8. The van der Waals surface area contributed by atoms with E-state index in [0.717, 1.165) is 22.5 Å². The Balaban J connectivity index is 1.60. The number of aromatic nitrogens is 2. The Bertz CT molecular complexity index is 918. The van der Waals surface area contributed by atoms with Crippen molar-refractivity contribution in [2.45, 2.75) is 19.9 Å². The van der Waals surface area contributed by atoms with Crippen LogP contribution in [0.1, 0.15) is 27.7 Å². The number of thiophene rings is 1. The second-order valence-corrected chi connectivity index (χ2v) is 7.27. The molecule has 0 spiro atoms. The molecule has 0 atom stereocenters. The van der Waals surface area contributed by atoms with E-state index in [9.17, 15) is 4.79 Å². The molecule has 2 N–H and O–H groups in total. The summed E-state index contributed by atoms with van der Waals surface area (Å²) in [5.74, 6) is -0.370. The van der Waals surface area contributed by atoms with Crippen molar-refractivity contribution in [3.8, 4) is 5.69 Å². The van der Waals surface area contributed by atoms with Crippen LogP contribution < -0.4 is 10.6 Å². The summed E-state index contributed by atoms with van der Waals surface area (Å²) in [5.41, 5.74) is 2.59. The molecule has 0 fully saturated rings. The number of methoxy groups -OCH3 is 1. The minimum absolute atomic E-state index is 0.370. The van der Waals surface area contributed by atoms with Gasteiger partial charge in [0, 0.05) is 23.8 Å². The number of anilines is 1. The van der Waals surface area contributed by atoms with Gasteiger partial charge in [-0.25, -0.2) is 9.48 Å². The number of nitrogens with zero attached hydrogens (tertiary/aromatic N) is 2. The molecule has 0 aliphatic heterocycles. The molecule has 2 aromatic heterocycles. The molecule has 0 saturated carbocycles. The predicted molar refractivity (Wildman–Crippen MR) is 112 cm³/mol. The molecule has 27 heavy (non-hydrogen) atoms. The first-order valence-corrected chi connectivity index (χ1v) is 9.68. The van der Waals surface area contributed by atoms with Crippen molar-refractivity contribution in [1.82, 2.24) is 15.1 Å². The van der Waals surface area contributed by atoms with Gasteiger partial charge in [0.1, 0.15) is 5.00 Å². The van der Waals surface area contributed by atoms with Crippen LogP contribution in [0.4, 0.5) is 5.00 Å². The van der Waals surface area contributed by atoms with E-state index in [1.165, 1.54) is 18.4 Å². The van der Waals surface area contributed by atoms with Crippen molar-refractivity contribution < 1.29 is 9.53 Å². The molecule has 6 nitrogen and oxygen atoms in total. The van der Waals surface area contributed by atoms with Gasteiger partial charge in [-0.15, -0.1) is 11.3 Å². The summed E-state index contributed by atoms with van der Waals surface area (Å²) in [6.07, 6.45) is 4.49. The van der Waals surface area contributed by atoms with Crippen LogP contribution in [0.3, 0.4) is 0 Å². The second-order valence-electron chi connectivity index (χ2n) is 5.73. The fourth-order valence-corrected chi connectivity index (χ4v) is 3.72. The maximum absolute atomic E-state index is 11.9. The van der Waals surface area contributed by atoms with Crippen molar-refractivity contribution in [1.29, 1.82) is 0 Å². The fourth-order valence-electron chi connectivity index (χ4n) is 2.49. The van der Waals surface area contributed by atoms with Gasteiger partial charge in [-0.05, 0) is 48.5 Å². The molecule has 0 aliphatic rings. The average Bonchev–Trinajstić information content (AvgIpc) is 3.36. The minimum atomic E-state index is -0.370. The highest BCUT2D eigenvalue weighted by molar-refractivity contribution is 7.80. The van der Waals surface area contributed by atoms with Gasteiger partial charge in [0.15, 0.2) is 5.11 Å². The Labute approximate surface area is 167 Å². The Kier molecular flexibility index (Phi) is 6.20. The van der Waals surface area contributed by atoms with Crippen LogP contribution >= 0.6 is 23.6 Å². The van der Waals surface area contributed by atoms with Gasteiger partial charge in [0.2, 0.25) is 0 Å². The van der Waals surface area contributed by atoms with E-state index in [1.807, 2.05) is 49.5 Å². The highest BCUT2D eigenvalue weighted by Crippen LogP contribution is 2.29. The molecule has 1 aromatic carbocycles. The smallest absolute Gasteiger partial charge is 0.340 e. The number of benzene rings is 1. The van der Waals surface area contributed by atoms with E-state index < -0.39 is 0 Å². The van der Waals surface area contributed by atoms with Crippen LogP contribution in [0.5, 0.6) is 0 Å². The Morgan fingerprint density at radius 2 is 2.11 bits per heavy atom. The largest absolute Gasteiger partial charge is 0.465 e. The summed E-state index contributed by atoms with van der Waals surface area (Å²) in [4.78, 5) is 13.0. The maximum atomic E-state index is 11.9. The van der Waals surface area contributed by atoms with Crippen LogP contribution in [0.15, 0.2) is 48.8 Å². The topological polar surface area (TPSA) is 68.2 Å². The van der Waals surface area contributed by atoms with E-state index >= 15 is 0 Å². The van der Waals surface area contributed by atoms with E-state index in [4.69, 9.17) is 17.0 Å². The summed E-state index contributed by atoms with van der Waals surface area (Å²) in [5, 5.41) is 11.6. The van der Waals surface area contributed by atoms with Gasteiger partial charge in [-0.2, -0.15) is 5.10 Å². The summed E-state index contributed by atoms with van der Waals surface area (Å²) in [7, 11) is 1.37. The summed E-state index contributed by atoms with van der Waals surface area (Å²) in [6.45, 7) is 2.62. The average molecular weight is 401 g/mol. The Hall–Kier alpha value is -2.71. The molecular formula is C19H20N4O2S2. The third-order valence-electron chi connectivity index (χ3n) is 3.92. The van der Waals surface area contributed by atoms with Crippen molar-refractivity contribution in [2.75, 3.05) is 12.4 Å². The maximum Gasteiger partial charge on any atom is 0.340 e. The molecule has 3 aromatic rings. The number of ether oxygens (including phenoxy) is 1. The first-order chi connectivity index (χ1) is 13.1. The standard InChI is InChI=1S/C19H20N4O2S2/c1-3-15-11-16(18(24)25-2)17(27-15)22-19(26)20-12-13-5-7-14(8-6-13)23-10-4-9-21-23/h4-11H,3,12H2,1-2H3,(H2,20,22,26). The molecule has 0 aliphatic carbocycles. The number of rotatable bonds is 6. The lowest BCUT2D eigenvalue weighted by atomic mass is 10.2. The zero-order valence-corrected chi connectivity index (χ0v) is 16.7. The highest BCUT2D eigenvalue weighted by Gasteiger charge is 2.17. The van der Waals surface area contributed by atoms with Crippen molar-refractivity contribution in [3.05, 3.63) is 64.8 Å². The number of nitrogens with one attached hydrogen (secondary N) is 2. The number of thiocarbonyl (C=S) groups is 1. The number of esters is 1. The molecule has 140 valence electrons. The molecule has 0 bridgehead atoms. The third kappa shape index (κ3) is 4.72. The summed E-state index contributed by atoms with van der Waals surface area (Å²) >= 11 is 6.88. The third-order valence-corrected chi connectivity index (χ3v) is 5.36. The zero-order valence-electron chi connectivity index (χ0n) is 15.1. The SMILES string of the molecule is CCc1cc(C(=O)OC)c(NC(=S)NCc2ccc(-n3cccn3)cc2)s1. The second kappa shape index (κ2) is 8.79. The van der Waals surface area contributed by atoms with Gasteiger partial charge in [-0.3, -0.25) is 0 Å². The predicted octanol–water partition coefficient (Wildman–Crippen LogP) is 3.77. The van der Waals surface area contributed by atoms with Crippen molar-refractivity contribution >= 4 is 39.6 Å². The molecule has 0 saturated heterocycles. The van der Waals surface area contributed by atoms with E-state index in [1.54, 1.807) is 10.9 Å². The first kappa shape index (κ1) is 19.1. The fraction of sp³-hybridized carbons (Fsp3) is 0.211. The van der Waals surface area contributed by atoms with Crippen molar-refractivity contribution in [2.24, 2.45) is 0 Å². The lowest BCUT2D eigenvalue weighted by Gasteiger charge is -2.11. The molecule has 0 amide bonds. The molecule has 0 unspecified atom stereocenters. The number of carbonyl (C=O) groups excluding carboxylic acids is 1. The molecule has 8 heteroatoms. The molecular weight excluding hydrogens is 380 g/mol. The number of hydrogen-bond donors (Lipinski definition) is 2. The van der Waals surface area contributed by atoms with Crippen LogP contribution in [0.2, 0.25) is 0 Å². The van der Waals surface area contributed by atoms with Crippen LogP contribution in [0.25, 0.3) is 5.69 Å². The normalized spacial score (nSPS) is 10.4. The van der Waals surface area contributed by atoms with Crippen molar-refractivity contribution in [3.63, 3.8) is 0 Å². The monoisotopic (exact) mass is 400 g/mol. The number of aryl methyl sites for hydroxylation is 1. The molecule has 2 heterocycles. The van der Waals surface area contributed by atoms with Crippen LogP contribution in [-0.4, -0.2) is 28.0 Å². The van der Waals surface area contributed by atoms with E-state index in [2.05, 4.69) is 15.7 Å². The molecule has 3 rings (SSSR count). The lowest BCUT2D eigenvalue weighted by Crippen LogP contribution is -2.28. The number of carbonyl (C=O) groups is 1. The molecule has 0 radical (unpaired) electrons.